The molecule has 0 radical (unpaired) electrons. The van der Waals surface area contributed by atoms with Crippen molar-refractivity contribution in [2.45, 2.75) is 32.3 Å². The highest BCUT2D eigenvalue weighted by atomic mass is 32.2. The predicted molar refractivity (Wildman–Crippen MR) is 96.6 cm³/mol. The Morgan fingerprint density at radius 2 is 2.12 bits per heavy atom. The summed E-state index contributed by atoms with van der Waals surface area (Å²) in [6.07, 6.45) is 0. The van der Waals surface area contributed by atoms with Crippen molar-refractivity contribution in [3.8, 4) is 6.07 Å². The van der Waals surface area contributed by atoms with Crippen molar-refractivity contribution in [2.24, 2.45) is 0 Å². The van der Waals surface area contributed by atoms with E-state index in [1.807, 2.05) is 26.8 Å². The van der Waals surface area contributed by atoms with Crippen molar-refractivity contribution in [1.29, 1.82) is 5.26 Å². The summed E-state index contributed by atoms with van der Waals surface area (Å²) in [5, 5.41) is 9.88. The number of aryl methyl sites for hydroxylation is 2. The van der Waals surface area contributed by atoms with Crippen molar-refractivity contribution in [1.82, 2.24) is 9.88 Å². The maximum atomic E-state index is 13.3. The number of aromatic nitrogens is 1. The number of benzene rings is 1. The second-order valence-corrected chi connectivity index (χ2v) is 6.66. The monoisotopic (exact) mass is 357 g/mol. The Kier molecular flexibility index (Phi) is 6.54. The number of carbonyl (C=O) groups is 1. The molecule has 0 N–H and O–H groups in total. The van der Waals surface area contributed by atoms with Gasteiger partial charge in [0.15, 0.2) is 0 Å². The largest absolute Gasteiger partial charge is 0.338 e. The molecule has 0 aliphatic heterocycles. The molecule has 1 amide bonds. The average molecular weight is 357 g/mol. The van der Waals surface area contributed by atoms with E-state index >= 15 is 0 Å². The summed E-state index contributed by atoms with van der Waals surface area (Å²) in [5.74, 6) is -0.191. The van der Waals surface area contributed by atoms with Gasteiger partial charge in [-0.25, -0.2) is 9.37 Å². The fraction of sp³-hybridized carbons (Fsp3) is 0.316. The van der Waals surface area contributed by atoms with Crippen LogP contribution in [0.25, 0.3) is 0 Å². The van der Waals surface area contributed by atoms with Crippen LogP contribution >= 0.6 is 11.8 Å². The number of pyridine rings is 1. The topological polar surface area (TPSA) is 57.0 Å². The number of amides is 1. The maximum absolute atomic E-state index is 13.3. The standard InChI is InChI=1S/C19H20FN3OS/c1-4-23(11-15-6-5-7-16(20)9-15)18(24)12-25-19-17(10-21)13(2)8-14(3)22-19/h5-9H,4,11-12H2,1-3H3. The fourth-order valence-electron chi connectivity index (χ4n) is 2.50. The first kappa shape index (κ1) is 18.9. The van der Waals surface area contributed by atoms with Gasteiger partial charge in [0.05, 0.1) is 11.3 Å². The fourth-order valence-corrected chi connectivity index (χ4v) is 3.50. The van der Waals surface area contributed by atoms with E-state index in [1.165, 1.54) is 23.9 Å². The van der Waals surface area contributed by atoms with Gasteiger partial charge in [-0.05, 0) is 50.1 Å². The Labute approximate surface area is 151 Å². The number of hydrogen-bond donors (Lipinski definition) is 0. The molecule has 2 rings (SSSR count). The number of thioether (sulfide) groups is 1. The molecule has 1 aromatic heterocycles. The van der Waals surface area contributed by atoms with Gasteiger partial charge in [-0.1, -0.05) is 23.9 Å². The second-order valence-electron chi connectivity index (χ2n) is 5.70. The van der Waals surface area contributed by atoms with E-state index in [4.69, 9.17) is 0 Å². The zero-order valence-corrected chi connectivity index (χ0v) is 15.4. The summed E-state index contributed by atoms with van der Waals surface area (Å²) in [6.45, 7) is 6.50. The zero-order chi connectivity index (χ0) is 18.4. The summed E-state index contributed by atoms with van der Waals surface area (Å²) in [6, 6.07) is 10.3. The molecule has 130 valence electrons. The van der Waals surface area contributed by atoms with Crippen molar-refractivity contribution in [2.75, 3.05) is 12.3 Å². The van der Waals surface area contributed by atoms with Crippen LogP contribution in [0.4, 0.5) is 4.39 Å². The van der Waals surface area contributed by atoms with Gasteiger partial charge in [0.25, 0.3) is 0 Å². The first-order valence-electron chi connectivity index (χ1n) is 7.98. The molecule has 25 heavy (non-hydrogen) atoms. The Morgan fingerprint density at radius 3 is 2.76 bits per heavy atom. The highest BCUT2D eigenvalue weighted by Gasteiger charge is 2.16. The normalized spacial score (nSPS) is 10.4. The molecule has 6 heteroatoms. The molecular weight excluding hydrogens is 337 g/mol. The highest BCUT2D eigenvalue weighted by molar-refractivity contribution is 8.00. The molecule has 0 saturated carbocycles. The lowest BCUT2D eigenvalue weighted by molar-refractivity contribution is -0.128. The molecule has 0 unspecified atom stereocenters. The van der Waals surface area contributed by atoms with Crippen LogP contribution in [0.15, 0.2) is 35.4 Å². The molecule has 4 nitrogen and oxygen atoms in total. The summed E-state index contributed by atoms with van der Waals surface area (Å²) >= 11 is 1.27. The minimum atomic E-state index is -0.312. The predicted octanol–water partition coefficient (Wildman–Crippen LogP) is 3.85. The van der Waals surface area contributed by atoms with Crippen molar-refractivity contribution < 1.29 is 9.18 Å². The molecule has 1 heterocycles. The highest BCUT2D eigenvalue weighted by Crippen LogP contribution is 2.24. The molecule has 0 aliphatic carbocycles. The van der Waals surface area contributed by atoms with Crippen LogP contribution in [-0.4, -0.2) is 28.1 Å². The number of nitrogens with zero attached hydrogens (tertiary/aromatic N) is 3. The molecule has 0 atom stereocenters. The lowest BCUT2D eigenvalue weighted by atomic mass is 10.1. The lowest BCUT2D eigenvalue weighted by Gasteiger charge is -2.21. The summed E-state index contributed by atoms with van der Waals surface area (Å²) in [4.78, 5) is 18.5. The van der Waals surface area contributed by atoms with E-state index in [9.17, 15) is 14.4 Å². The van der Waals surface area contributed by atoms with E-state index in [2.05, 4.69) is 11.1 Å². The Morgan fingerprint density at radius 1 is 1.36 bits per heavy atom. The van der Waals surface area contributed by atoms with Crippen molar-refractivity contribution in [3.05, 3.63) is 58.5 Å². The summed E-state index contributed by atoms with van der Waals surface area (Å²) in [7, 11) is 0. The minimum absolute atomic E-state index is 0.0680. The molecule has 0 saturated heterocycles. The molecule has 2 aromatic rings. The zero-order valence-electron chi connectivity index (χ0n) is 14.5. The second kappa shape index (κ2) is 8.63. The van der Waals surface area contributed by atoms with Crippen LogP contribution in [0.5, 0.6) is 0 Å². The van der Waals surface area contributed by atoms with Gasteiger partial charge < -0.3 is 4.90 Å². The van der Waals surface area contributed by atoms with Crippen LogP contribution in [0.2, 0.25) is 0 Å². The molecule has 0 bridgehead atoms. The molecule has 0 aliphatic rings. The van der Waals surface area contributed by atoms with Gasteiger partial charge in [-0.3, -0.25) is 4.79 Å². The first-order chi connectivity index (χ1) is 11.9. The number of carbonyl (C=O) groups excluding carboxylic acids is 1. The maximum Gasteiger partial charge on any atom is 0.233 e. The molecule has 1 aromatic carbocycles. The Balaban J connectivity index is 2.07. The molecule has 0 fully saturated rings. The summed E-state index contributed by atoms with van der Waals surface area (Å²) < 4.78 is 13.3. The smallest absolute Gasteiger partial charge is 0.233 e. The molecule has 0 spiro atoms. The number of rotatable bonds is 6. The Hall–Kier alpha value is -2.39. The van der Waals surface area contributed by atoms with Gasteiger partial charge in [-0.15, -0.1) is 0 Å². The Bertz CT molecular complexity index is 817. The number of nitriles is 1. The molecular formula is C19H20FN3OS. The van der Waals surface area contributed by atoms with Gasteiger partial charge >= 0.3 is 0 Å². The average Bonchev–Trinajstić information content (AvgIpc) is 2.57. The van der Waals surface area contributed by atoms with Crippen molar-refractivity contribution in [3.63, 3.8) is 0 Å². The van der Waals surface area contributed by atoms with Gasteiger partial charge in [0.2, 0.25) is 5.91 Å². The number of halogens is 1. The van der Waals surface area contributed by atoms with E-state index < -0.39 is 0 Å². The van der Waals surface area contributed by atoms with Gasteiger partial charge in [0.1, 0.15) is 16.9 Å². The lowest BCUT2D eigenvalue weighted by Crippen LogP contribution is -2.31. The van der Waals surface area contributed by atoms with Crippen LogP contribution in [-0.2, 0) is 11.3 Å². The van der Waals surface area contributed by atoms with E-state index in [0.717, 1.165) is 16.8 Å². The van der Waals surface area contributed by atoms with E-state index in [-0.39, 0.29) is 17.5 Å². The van der Waals surface area contributed by atoms with Crippen molar-refractivity contribution >= 4 is 17.7 Å². The third kappa shape index (κ3) is 5.04. The van der Waals surface area contributed by atoms with E-state index in [0.29, 0.717) is 23.7 Å². The SMILES string of the molecule is CCN(Cc1cccc(F)c1)C(=O)CSc1nc(C)cc(C)c1C#N. The third-order valence-corrected chi connectivity index (χ3v) is 4.71. The van der Waals surface area contributed by atoms with Crippen LogP contribution in [0.3, 0.4) is 0 Å². The van der Waals surface area contributed by atoms with Gasteiger partial charge in [0, 0.05) is 18.8 Å². The van der Waals surface area contributed by atoms with E-state index in [1.54, 1.807) is 17.0 Å². The first-order valence-corrected chi connectivity index (χ1v) is 8.96. The number of hydrogen-bond acceptors (Lipinski definition) is 4. The minimum Gasteiger partial charge on any atom is -0.338 e. The van der Waals surface area contributed by atoms with Crippen LogP contribution in [0, 0.1) is 31.0 Å². The van der Waals surface area contributed by atoms with Crippen LogP contribution in [0.1, 0.15) is 29.3 Å². The quantitative estimate of drug-likeness (QED) is 0.737. The van der Waals surface area contributed by atoms with Gasteiger partial charge in [-0.2, -0.15) is 5.26 Å². The van der Waals surface area contributed by atoms with Crippen LogP contribution < -0.4 is 0 Å². The third-order valence-electron chi connectivity index (χ3n) is 3.75. The summed E-state index contributed by atoms with van der Waals surface area (Å²) in [5.41, 5.74) is 2.94.